The van der Waals surface area contributed by atoms with Gasteiger partial charge in [-0.1, -0.05) is 40.9 Å². The zero-order valence-corrected chi connectivity index (χ0v) is 20.1. The van der Waals surface area contributed by atoms with E-state index in [1.807, 2.05) is 33.8 Å². The first-order valence-electron chi connectivity index (χ1n) is 9.29. The van der Waals surface area contributed by atoms with E-state index in [1.165, 1.54) is 0 Å². The second-order valence-corrected chi connectivity index (χ2v) is 10.2. The molecule has 0 bridgehead atoms. The molecule has 9 heteroatoms. The Balaban J connectivity index is 2.32. The Kier molecular flexibility index (Phi) is 7.29. The fourth-order valence-corrected chi connectivity index (χ4v) is 3.17. The minimum absolute atomic E-state index is 0.156. The number of carbonyl (C=O) groups is 1. The number of alkyl carbamates (subject to hydrolysis) is 1. The Morgan fingerprint density at radius 3 is 2.03 bits per heavy atom. The van der Waals surface area contributed by atoms with Gasteiger partial charge in [0.1, 0.15) is 5.60 Å². The van der Waals surface area contributed by atoms with Crippen LogP contribution in [0.4, 0.5) is 4.79 Å². The van der Waals surface area contributed by atoms with Gasteiger partial charge in [0, 0.05) is 6.54 Å². The van der Waals surface area contributed by atoms with Gasteiger partial charge in [-0.25, -0.2) is 4.79 Å². The topological polar surface area (TPSA) is 56.8 Å². The van der Waals surface area contributed by atoms with Crippen molar-refractivity contribution in [3.05, 3.63) is 38.2 Å². The summed E-state index contributed by atoms with van der Waals surface area (Å²) in [7, 11) is -0.664. The van der Waals surface area contributed by atoms with E-state index in [4.69, 9.17) is 48.8 Å². The molecule has 0 saturated carbocycles. The minimum Gasteiger partial charge on any atom is -0.444 e. The third kappa shape index (κ3) is 6.28. The lowest BCUT2D eigenvalue weighted by Gasteiger charge is -2.32. The fourth-order valence-electron chi connectivity index (χ4n) is 2.56. The molecule has 1 aliphatic rings. The van der Waals surface area contributed by atoms with E-state index in [0.29, 0.717) is 21.1 Å². The molecule has 0 radical (unpaired) electrons. The lowest BCUT2D eigenvalue weighted by molar-refractivity contribution is 0.00578. The Bertz CT molecular complexity index is 779. The van der Waals surface area contributed by atoms with Crippen molar-refractivity contribution in [3.63, 3.8) is 0 Å². The Labute approximate surface area is 188 Å². The average molecular weight is 463 g/mol. The first-order chi connectivity index (χ1) is 13.1. The van der Waals surface area contributed by atoms with E-state index in [9.17, 15) is 4.79 Å². The highest BCUT2D eigenvalue weighted by Gasteiger charge is 2.52. The van der Waals surface area contributed by atoms with Crippen LogP contribution in [0.15, 0.2) is 17.6 Å². The molecular formula is C20H27BCl3NO4. The summed E-state index contributed by atoms with van der Waals surface area (Å²) >= 11 is 18.4. The lowest BCUT2D eigenvalue weighted by Crippen LogP contribution is -2.41. The largest absolute Gasteiger partial charge is 0.492 e. The number of rotatable bonds is 4. The third-order valence-electron chi connectivity index (χ3n) is 4.75. The van der Waals surface area contributed by atoms with E-state index in [2.05, 4.69) is 5.32 Å². The highest BCUT2D eigenvalue weighted by molar-refractivity contribution is 6.56. The Morgan fingerprint density at radius 1 is 1.10 bits per heavy atom. The molecule has 0 aromatic heterocycles. The van der Waals surface area contributed by atoms with Crippen molar-refractivity contribution in [2.24, 2.45) is 0 Å². The van der Waals surface area contributed by atoms with Crippen LogP contribution in [-0.2, 0) is 14.0 Å². The smallest absolute Gasteiger partial charge is 0.444 e. The summed E-state index contributed by atoms with van der Waals surface area (Å²) in [6.07, 6.45) is 1.28. The number of nitrogens with one attached hydrogen (secondary N) is 1. The zero-order valence-electron chi connectivity index (χ0n) is 17.8. The maximum Gasteiger partial charge on any atom is 0.492 e. The van der Waals surface area contributed by atoms with Gasteiger partial charge < -0.3 is 19.4 Å². The molecule has 1 aromatic carbocycles. The molecule has 1 heterocycles. The first kappa shape index (κ1) is 24.4. The Hall–Kier alpha value is -0.915. The monoisotopic (exact) mass is 461 g/mol. The standard InChI is InChI=1S/C20H27BCl3NO4/c1-18(2,3)27-17(26)25-11-13(21-28-19(4,5)20(6,7)29-21)8-12-9-14(22)16(24)15(23)10-12/h8-10H,11H2,1-7H3,(H,25,26). The van der Waals surface area contributed by atoms with Gasteiger partial charge in [0.2, 0.25) is 0 Å². The van der Waals surface area contributed by atoms with Crippen LogP contribution in [0, 0.1) is 0 Å². The average Bonchev–Trinajstić information content (AvgIpc) is 2.75. The van der Waals surface area contributed by atoms with Gasteiger partial charge in [-0.2, -0.15) is 0 Å². The summed E-state index contributed by atoms with van der Waals surface area (Å²) < 4.78 is 17.6. The molecule has 0 aliphatic carbocycles. The van der Waals surface area contributed by atoms with Crippen molar-refractivity contribution in [2.45, 2.75) is 65.3 Å². The van der Waals surface area contributed by atoms with Crippen molar-refractivity contribution in [2.75, 3.05) is 6.54 Å². The fraction of sp³-hybridized carbons (Fsp3) is 0.550. The normalized spacial score (nSPS) is 18.7. The highest BCUT2D eigenvalue weighted by atomic mass is 35.5. The van der Waals surface area contributed by atoms with Crippen molar-refractivity contribution < 1.29 is 18.8 Å². The van der Waals surface area contributed by atoms with Crippen LogP contribution in [0.25, 0.3) is 6.08 Å². The predicted octanol–water partition coefficient (Wildman–Crippen LogP) is 6.19. The van der Waals surface area contributed by atoms with E-state index < -0.39 is 30.0 Å². The van der Waals surface area contributed by atoms with Crippen LogP contribution in [-0.4, -0.2) is 36.6 Å². The van der Waals surface area contributed by atoms with E-state index >= 15 is 0 Å². The number of benzene rings is 1. The molecule has 29 heavy (non-hydrogen) atoms. The molecule has 1 aliphatic heterocycles. The van der Waals surface area contributed by atoms with Crippen LogP contribution < -0.4 is 5.32 Å². The van der Waals surface area contributed by atoms with Gasteiger partial charge in [0.25, 0.3) is 0 Å². The summed E-state index contributed by atoms with van der Waals surface area (Å²) in [5.74, 6) is 0. The van der Waals surface area contributed by atoms with Crippen molar-refractivity contribution in [1.29, 1.82) is 0 Å². The summed E-state index contributed by atoms with van der Waals surface area (Å²) in [5, 5.41) is 3.70. The van der Waals surface area contributed by atoms with Crippen molar-refractivity contribution >= 4 is 54.1 Å². The maximum absolute atomic E-state index is 12.1. The predicted molar refractivity (Wildman–Crippen MR) is 120 cm³/mol. The quantitative estimate of drug-likeness (QED) is 0.428. The van der Waals surface area contributed by atoms with Crippen LogP contribution >= 0.6 is 34.8 Å². The van der Waals surface area contributed by atoms with Gasteiger partial charge in [-0.05, 0) is 71.6 Å². The summed E-state index contributed by atoms with van der Waals surface area (Å²) in [6, 6.07) is 3.38. The molecule has 1 saturated heterocycles. The molecule has 1 aromatic rings. The van der Waals surface area contributed by atoms with Gasteiger partial charge in [0.15, 0.2) is 0 Å². The summed E-state index contributed by atoms with van der Waals surface area (Å²) in [5.41, 5.74) is -0.269. The molecule has 2 rings (SSSR count). The number of amides is 1. The third-order valence-corrected chi connectivity index (χ3v) is 5.95. The lowest BCUT2D eigenvalue weighted by atomic mass is 9.77. The molecule has 1 fully saturated rings. The number of halogens is 3. The summed E-state index contributed by atoms with van der Waals surface area (Å²) in [6.45, 7) is 13.4. The molecule has 1 amide bonds. The van der Waals surface area contributed by atoms with Crippen molar-refractivity contribution in [3.8, 4) is 0 Å². The zero-order chi connectivity index (χ0) is 22.2. The minimum atomic E-state index is -0.664. The molecule has 0 spiro atoms. The molecule has 1 N–H and O–H groups in total. The highest BCUT2D eigenvalue weighted by Crippen LogP contribution is 2.39. The van der Waals surface area contributed by atoms with Gasteiger partial charge >= 0.3 is 13.2 Å². The van der Waals surface area contributed by atoms with Crippen LogP contribution in [0.3, 0.4) is 0 Å². The second kappa shape index (κ2) is 8.68. The van der Waals surface area contributed by atoms with Gasteiger partial charge in [-0.15, -0.1) is 0 Å². The molecule has 0 atom stereocenters. The number of carbonyl (C=O) groups excluding carboxylic acids is 1. The van der Waals surface area contributed by atoms with E-state index in [-0.39, 0.29) is 11.6 Å². The van der Waals surface area contributed by atoms with Gasteiger partial charge in [-0.3, -0.25) is 0 Å². The van der Waals surface area contributed by atoms with Gasteiger partial charge in [0.05, 0.1) is 26.3 Å². The van der Waals surface area contributed by atoms with Crippen LogP contribution in [0.5, 0.6) is 0 Å². The van der Waals surface area contributed by atoms with Crippen LogP contribution in [0.2, 0.25) is 15.1 Å². The molecule has 5 nitrogen and oxygen atoms in total. The van der Waals surface area contributed by atoms with E-state index in [1.54, 1.807) is 32.9 Å². The SMILES string of the molecule is CC(C)(C)OC(=O)NCC(=Cc1cc(Cl)c(Cl)c(Cl)c1)B1OC(C)(C)C(C)(C)O1. The molecule has 160 valence electrons. The molecule has 0 unspecified atom stereocenters. The summed E-state index contributed by atoms with van der Waals surface area (Å²) in [4.78, 5) is 12.1. The van der Waals surface area contributed by atoms with Crippen molar-refractivity contribution in [1.82, 2.24) is 5.32 Å². The molecular weight excluding hydrogens is 435 g/mol. The Morgan fingerprint density at radius 2 is 1.59 bits per heavy atom. The second-order valence-electron chi connectivity index (χ2n) is 8.96. The number of ether oxygens (including phenoxy) is 1. The van der Waals surface area contributed by atoms with E-state index in [0.717, 1.165) is 0 Å². The first-order valence-corrected chi connectivity index (χ1v) is 10.4. The number of hydrogen-bond acceptors (Lipinski definition) is 4. The number of hydrogen-bond donors (Lipinski definition) is 1. The maximum atomic E-state index is 12.1. The van der Waals surface area contributed by atoms with Crippen LogP contribution in [0.1, 0.15) is 54.0 Å².